The molecule has 1 amide bonds. The Morgan fingerprint density at radius 2 is 1.71 bits per heavy atom. The number of nitrogens with one attached hydrogen (secondary N) is 1. The Bertz CT molecular complexity index is 398. The molecule has 0 unspecified atom stereocenters. The summed E-state index contributed by atoms with van der Waals surface area (Å²) in [5.74, 6) is -0.0103. The fourth-order valence-electron chi connectivity index (χ4n) is 1.91. The number of hydrogen-bond acceptors (Lipinski definition) is 2. The Hall–Kier alpha value is -1.35. The minimum absolute atomic E-state index is 0.0103. The van der Waals surface area contributed by atoms with Crippen LogP contribution < -0.4 is 5.32 Å². The molecule has 17 heavy (non-hydrogen) atoms. The van der Waals surface area contributed by atoms with Gasteiger partial charge < -0.3 is 10.1 Å². The molecule has 0 bridgehead atoms. The van der Waals surface area contributed by atoms with Crippen LogP contribution in [-0.4, -0.2) is 26.2 Å². The molecule has 0 fully saturated rings. The van der Waals surface area contributed by atoms with E-state index in [1.807, 2.05) is 27.7 Å². The van der Waals surface area contributed by atoms with Gasteiger partial charge in [-0.05, 0) is 49.9 Å². The first-order valence-electron chi connectivity index (χ1n) is 5.83. The lowest BCUT2D eigenvalue weighted by molar-refractivity contribution is 0.0935. The first-order chi connectivity index (χ1) is 7.99. The van der Waals surface area contributed by atoms with E-state index >= 15 is 0 Å². The predicted octanol–water partition coefficient (Wildman–Crippen LogP) is 2.30. The maximum Gasteiger partial charge on any atom is 0.251 e. The van der Waals surface area contributed by atoms with E-state index in [2.05, 4.69) is 11.4 Å². The highest BCUT2D eigenvalue weighted by atomic mass is 16.5. The summed E-state index contributed by atoms with van der Waals surface area (Å²) in [5.41, 5.74) is 5.24. The van der Waals surface area contributed by atoms with Crippen molar-refractivity contribution in [1.29, 1.82) is 0 Å². The van der Waals surface area contributed by atoms with Crippen LogP contribution in [0.25, 0.3) is 0 Å². The Kier molecular flexibility index (Phi) is 4.70. The molecule has 1 rings (SSSR count). The molecule has 0 saturated carbocycles. The molecule has 0 saturated heterocycles. The van der Waals surface area contributed by atoms with Gasteiger partial charge in [0.1, 0.15) is 0 Å². The van der Waals surface area contributed by atoms with Crippen molar-refractivity contribution in [2.24, 2.45) is 0 Å². The van der Waals surface area contributed by atoms with Crippen molar-refractivity contribution >= 4 is 5.91 Å². The topological polar surface area (TPSA) is 38.3 Å². The van der Waals surface area contributed by atoms with Gasteiger partial charge in [-0.15, -0.1) is 0 Å². The highest BCUT2D eigenvalue weighted by molar-refractivity contribution is 5.97. The zero-order valence-electron chi connectivity index (χ0n) is 11.3. The van der Waals surface area contributed by atoms with E-state index in [4.69, 9.17) is 4.74 Å². The molecule has 0 aliphatic rings. The summed E-state index contributed by atoms with van der Waals surface area (Å²) >= 11 is 0. The van der Waals surface area contributed by atoms with E-state index in [0.717, 1.165) is 27.8 Å². The summed E-state index contributed by atoms with van der Waals surface area (Å²) in [5, 5.41) is 2.87. The van der Waals surface area contributed by atoms with E-state index in [0.29, 0.717) is 13.2 Å². The third kappa shape index (κ3) is 3.07. The first-order valence-corrected chi connectivity index (χ1v) is 5.83. The second-order valence-electron chi connectivity index (χ2n) is 4.38. The van der Waals surface area contributed by atoms with Crippen molar-refractivity contribution < 1.29 is 9.53 Å². The van der Waals surface area contributed by atoms with Gasteiger partial charge in [-0.2, -0.15) is 0 Å². The van der Waals surface area contributed by atoms with E-state index in [-0.39, 0.29) is 5.91 Å². The summed E-state index contributed by atoms with van der Waals surface area (Å²) in [6.07, 6.45) is 0. The SMILES string of the molecule is COCCNC(=O)c1c(C)c(C)cc(C)c1C. The smallest absolute Gasteiger partial charge is 0.251 e. The van der Waals surface area contributed by atoms with Gasteiger partial charge in [-0.1, -0.05) is 6.07 Å². The lowest BCUT2D eigenvalue weighted by Gasteiger charge is -2.14. The highest BCUT2D eigenvalue weighted by Crippen LogP contribution is 2.21. The van der Waals surface area contributed by atoms with E-state index in [9.17, 15) is 4.79 Å². The number of methoxy groups -OCH3 is 1. The first kappa shape index (κ1) is 13.7. The average molecular weight is 235 g/mol. The molecule has 0 aliphatic carbocycles. The third-order valence-corrected chi connectivity index (χ3v) is 3.18. The molecule has 0 atom stereocenters. The number of benzene rings is 1. The molecular weight excluding hydrogens is 214 g/mol. The molecule has 94 valence electrons. The molecule has 3 heteroatoms. The molecule has 0 heterocycles. The van der Waals surface area contributed by atoms with Gasteiger partial charge in [-0.3, -0.25) is 4.79 Å². The van der Waals surface area contributed by atoms with Crippen molar-refractivity contribution in [2.75, 3.05) is 20.3 Å². The molecule has 1 aromatic carbocycles. The Morgan fingerprint density at radius 3 is 2.18 bits per heavy atom. The van der Waals surface area contributed by atoms with Gasteiger partial charge in [0.2, 0.25) is 0 Å². The second kappa shape index (κ2) is 5.82. The number of hydrogen-bond donors (Lipinski definition) is 1. The number of carbonyl (C=O) groups excluding carboxylic acids is 1. The monoisotopic (exact) mass is 235 g/mol. The van der Waals surface area contributed by atoms with Crippen LogP contribution in [0.2, 0.25) is 0 Å². The van der Waals surface area contributed by atoms with Crippen molar-refractivity contribution in [2.45, 2.75) is 27.7 Å². The quantitative estimate of drug-likeness (QED) is 0.813. The standard InChI is InChI=1S/C14H21NO2/c1-9-8-10(2)12(4)13(11(9)3)14(16)15-6-7-17-5/h8H,6-7H2,1-5H3,(H,15,16). The van der Waals surface area contributed by atoms with Crippen molar-refractivity contribution in [3.8, 4) is 0 Å². The van der Waals surface area contributed by atoms with Crippen LogP contribution in [0.5, 0.6) is 0 Å². The van der Waals surface area contributed by atoms with Gasteiger partial charge in [0.15, 0.2) is 0 Å². The van der Waals surface area contributed by atoms with Crippen molar-refractivity contribution in [1.82, 2.24) is 5.32 Å². The lowest BCUT2D eigenvalue weighted by atomic mass is 9.94. The fourth-order valence-corrected chi connectivity index (χ4v) is 1.91. The number of rotatable bonds is 4. The number of aryl methyl sites for hydroxylation is 2. The molecule has 1 aromatic rings. The molecule has 0 aromatic heterocycles. The maximum atomic E-state index is 12.1. The summed E-state index contributed by atoms with van der Waals surface area (Å²) < 4.78 is 4.92. The normalized spacial score (nSPS) is 10.4. The molecule has 3 nitrogen and oxygen atoms in total. The van der Waals surface area contributed by atoms with Gasteiger partial charge >= 0.3 is 0 Å². The summed E-state index contributed by atoms with van der Waals surface area (Å²) in [6, 6.07) is 2.12. The summed E-state index contributed by atoms with van der Waals surface area (Å²) in [7, 11) is 1.62. The number of ether oxygens (including phenoxy) is 1. The Balaban J connectivity index is 3.00. The van der Waals surface area contributed by atoms with Crippen LogP contribution in [0.3, 0.4) is 0 Å². The molecule has 0 aliphatic heterocycles. The zero-order chi connectivity index (χ0) is 13.0. The van der Waals surface area contributed by atoms with E-state index in [1.54, 1.807) is 7.11 Å². The van der Waals surface area contributed by atoms with E-state index < -0.39 is 0 Å². The predicted molar refractivity (Wildman–Crippen MR) is 69.6 cm³/mol. The lowest BCUT2D eigenvalue weighted by Crippen LogP contribution is -2.28. The molecule has 0 spiro atoms. The van der Waals surface area contributed by atoms with E-state index in [1.165, 1.54) is 0 Å². The van der Waals surface area contributed by atoms with Crippen LogP contribution in [-0.2, 0) is 4.74 Å². The maximum absolute atomic E-state index is 12.1. The van der Waals surface area contributed by atoms with Crippen molar-refractivity contribution in [3.63, 3.8) is 0 Å². The number of carbonyl (C=O) groups is 1. The van der Waals surface area contributed by atoms with Crippen LogP contribution in [0, 0.1) is 27.7 Å². The minimum Gasteiger partial charge on any atom is -0.383 e. The minimum atomic E-state index is -0.0103. The summed E-state index contributed by atoms with van der Waals surface area (Å²) in [4.78, 5) is 12.1. The van der Waals surface area contributed by atoms with Crippen LogP contribution in [0.15, 0.2) is 6.07 Å². The zero-order valence-corrected chi connectivity index (χ0v) is 11.3. The van der Waals surface area contributed by atoms with Crippen molar-refractivity contribution in [3.05, 3.63) is 33.9 Å². The molecule has 0 radical (unpaired) electrons. The second-order valence-corrected chi connectivity index (χ2v) is 4.38. The number of amides is 1. The van der Waals surface area contributed by atoms with Crippen LogP contribution >= 0.6 is 0 Å². The average Bonchev–Trinajstić information content (AvgIpc) is 2.27. The van der Waals surface area contributed by atoms with Crippen LogP contribution in [0.1, 0.15) is 32.6 Å². The van der Waals surface area contributed by atoms with Gasteiger partial charge in [0, 0.05) is 19.2 Å². The third-order valence-electron chi connectivity index (χ3n) is 3.18. The summed E-state index contributed by atoms with van der Waals surface area (Å²) in [6.45, 7) is 9.14. The molecular formula is C14H21NO2. The Morgan fingerprint density at radius 1 is 1.18 bits per heavy atom. The van der Waals surface area contributed by atoms with Gasteiger partial charge in [0.05, 0.1) is 6.61 Å². The molecule has 1 N–H and O–H groups in total. The van der Waals surface area contributed by atoms with Crippen LogP contribution in [0.4, 0.5) is 0 Å². The van der Waals surface area contributed by atoms with Gasteiger partial charge in [-0.25, -0.2) is 0 Å². The highest BCUT2D eigenvalue weighted by Gasteiger charge is 2.14. The Labute approximate surface area is 103 Å². The van der Waals surface area contributed by atoms with Gasteiger partial charge in [0.25, 0.3) is 5.91 Å². The fraction of sp³-hybridized carbons (Fsp3) is 0.500. The largest absolute Gasteiger partial charge is 0.383 e.